The Labute approximate surface area is 188 Å². The van der Waals surface area contributed by atoms with Gasteiger partial charge in [-0.3, -0.25) is 0 Å². The minimum absolute atomic E-state index is 0.687. The normalized spacial score (nSPS) is 12.4. The summed E-state index contributed by atoms with van der Waals surface area (Å²) in [6, 6.07) is 24.8. The predicted molar refractivity (Wildman–Crippen MR) is 131 cm³/mol. The third-order valence-corrected chi connectivity index (χ3v) is 6.83. The van der Waals surface area contributed by atoms with Gasteiger partial charge in [0, 0.05) is 15.1 Å². The molecule has 0 bridgehead atoms. The third-order valence-electron chi connectivity index (χ3n) is 5.61. The zero-order chi connectivity index (χ0) is 21.8. The van der Waals surface area contributed by atoms with Gasteiger partial charge in [-0.15, -0.1) is 11.3 Å². The van der Waals surface area contributed by atoms with Crippen LogP contribution in [0, 0.1) is 0 Å². The van der Waals surface area contributed by atoms with E-state index in [1.165, 1.54) is 5.56 Å². The summed E-state index contributed by atoms with van der Waals surface area (Å²) in [6.45, 7) is 1.08. The SMILES string of the molecule is COc1ccc2c(C(O)c3ccc(CCCN(C)C)cc3)c(-c3ccccc3)sc2c1. The lowest BCUT2D eigenvalue weighted by Crippen LogP contribution is -2.13. The van der Waals surface area contributed by atoms with Crippen molar-refractivity contribution in [2.24, 2.45) is 0 Å². The van der Waals surface area contributed by atoms with Crippen LogP contribution < -0.4 is 4.74 Å². The molecule has 1 aromatic heterocycles. The van der Waals surface area contributed by atoms with Crippen LogP contribution >= 0.6 is 11.3 Å². The molecule has 4 aromatic rings. The molecule has 1 N–H and O–H groups in total. The average Bonchev–Trinajstić information content (AvgIpc) is 3.18. The first-order chi connectivity index (χ1) is 15.1. The standard InChI is InChI=1S/C27H29NO2S/c1-28(2)17-7-8-19-11-13-20(14-12-19)26(29)25-23-16-15-22(30-3)18-24(23)31-27(25)21-9-5-4-6-10-21/h4-6,9-16,18,26,29H,7-8,17H2,1-3H3. The summed E-state index contributed by atoms with van der Waals surface area (Å²) in [5.74, 6) is 0.830. The smallest absolute Gasteiger partial charge is 0.120 e. The van der Waals surface area contributed by atoms with Crippen LogP contribution in [-0.4, -0.2) is 37.8 Å². The van der Waals surface area contributed by atoms with Crippen LogP contribution in [0.3, 0.4) is 0 Å². The van der Waals surface area contributed by atoms with E-state index in [0.717, 1.165) is 56.8 Å². The molecular weight excluding hydrogens is 402 g/mol. The highest BCUT2D eigenvalue weighted by Crippen LogP contribution is 2.44. The molecule has 1 heterocycles. The molecule has 4 rings (SSSR count). The molecule has 0 spiro atoms. The van der Waals surface area contributed by atoms with E-state index in [1.807, 2.05) is 24.3 Å². The van der Waals surface area contributed by atoms with Crippen molar-refractivity contribution < 1.29 is 9.84 Å². The maximum atomic E-state index is 11.5. The van der Waals surface area contributed by atoms with E-state index < -0.39 is 6.10 Å². The number of fused-ring (bicyclic) bond motifs is 1. The van der Waals surface area contributed by atoms with Gasteiger partial charge < -0.3 is 14.7 Å². The number of aliphatic hydroxyl groups is 1. The highest BCUT2D eigenvalue weighted by atomic mass is 32.1. The van der Waals surface area contributed by atoms with Gasteiger partial charge in [0.15, 0.2) is 0 Å². The molecule has 160 valence electrons. The molecule has 3 aromatic carbocycles. The molecule has 31 heavy (non-hydrogen) atoms. The second kappa shape index (κ2) is 9.65. The Balaban J connectivity index is 1.70. The van der Waals surface area contributed by atoms with Gasteiger partial charge in [-0.05, 0) is 73.8 Å². The lowest BCUT2D eigenvalue weighted by molar-refractivity contribution is 0.223. The molecular formula is C27H29NO2S. The molecule has 0 aliphatic heterocycles. The van der Waals surface area contributed by atoms with Gasteiger partial charge in [0.2, 0.25) is 0 Å². The number of hydrogen-bond donors (Lipinski definition) is 1. The summed E-state index contributed by atoms with van der Waals surface area (Å²) in [7, 11) is 5.89. The van der Waals surface area contributed by atoms with Gasteiger partial charge in [0.05, 0.1) is 7.11 Å². The van der Waals surface area contributed by atoms with Gasteiger partial charge in [0.1, 0.15) is 11.9 Å². The molecule has 0 saturated heterocycles. The lowest BCUT2D eigenvalue weighted by atomic mass is 9.95. The van der Waals surface area contributed by atoms with Crippen molar-refractivity contribution in [3.05, 3.63) is 89.5 Å². The number of rotatable bonds is 8. The Morgan fingerprint density at radius 2 is 1.71 bits per heavy atom. The predicted octanol–water partition coefficient (Wildman–Crippen LogP) is 6.15. The Morgan fingerprint density at radius 1 is 0.968 bits per heavy atom. The molecule has 0 saturated carbocycles. The van der Waals surface area contributed by atoms with Crippen LogP contribution in [0.4, 0.5) is 0 Å². The number of methoxy groups -OCH3 is 1. The van der Waals surface area contributed by atoms with E-state index in [9.17, 15) is 5.11 Å². The molecule has 0 radical (unpaired) electrons. The zero-order valence-electron chi connectivity index (χ0n) is 18.3. The second-order valence-electron chi connectivity index (χ2n) is 8.12. The number of thiophene rings is 1. The summed E-state index contributed by atoms with van der Waals surface area (Å²) in [5.41, 5.74) is 4.32. The van der Waals surface area contributed by atoms with Gasteiger partial charge in [-0.2, -0.15) is 0 Å². The van der Waals surface area contributed by atoms with Crippen LogP contribution in [0.25, 0.3) is 20.5 Å². The quantitative estimate of drug-likeness (QED) is 0.363. The highest BCUT2D eigenvalue weighted by molar-refractivity contribution is 7.22. The second-order valence-corrected chi connectivity index (χ2v) is 9.18. The first-order valence-corrected chi connectivity index (χ1v) is 11.5. The molecule has 0 amide bonds. The van der Waals surface area contributed by atoms with Gasteiger partial charge in [-0.1, -0.05) is 54.6 Å². The fourth-order valence-electron chi connectivity index (χ4n) is 3.93. The number of benzene rings is 3. The summed E-state index contributed by atoms with van der Waals surface area (Å²) < 4.78 is 6.54. The van der Waals surface area contributed by atoms with Crippen molar-refractivity contribution in [1.82, 2.24) is 4.90 Å². The fraction of sp³-hybridized carbons (Fsp3) is 0.259. The van der Waals surface area contributed by atoms with Crippen molar-refractivity contribution in [2.75, 3.05) is 27.7 Å². The maximum Gasteiger partial charge on any atom is 0.120 e. The van der Waals surface area contributed by atoms with E-state index in [-0.39, 0.29) is 0 Å². The minimum Gasteiger partial charge on any atom is -0.497 e. The molecule has 3 nitrogen and oxygen atoms in total. The van der Waals surface area contributed by atoms with Crippen LogP contribution in [-0.2, 0) is 6.42 Å². The number of nitrogens with zero attached hydrogens (tertiary/aromatic N) is 1. The van der Waals surface area contributed by atoms with E-state index in [2.05, 4.69) is 67.5 Å². The van der Waals surface area contributed by atoms with E-state index in [0.29, 0.717) is 0 Å². The number of ether oxygens (including phenoxy) is 1. The van der Waals surface area contributed by atoms with Crippen LogP contribution in [0.1, 0.15) is 29.2 Å². The Kier molecular flexibility index (Phi) is 6.71. The summed E-state index contributed by atoms with van der Waals surface area (Å²) in [6.07, 6.45) is 1.49. The monoisotopic (exact) mass is 431 g/mol. The van der Waals surface area contributed by atoms with Gasteiger partial charge >= 0.3 is 0 Å². The number of aliphatic hydroxyl groups excluding tert-OH is 1. The molecule has 4 heteroatoms. The summed E-state index contributed by atoms with van der Waals surface area (Å²) in [4.78, 5) is 3.31. The molecule has 1 atom stereocenters. The molecule has 0 aliphatic carbocycles. The lowest BCUT2D eigenvalue weighted by Gasteiger charge is -2.15. The largest absolute Gasteiger partial charge is 0.497 e. The Hall–Kier alpha value is -2.66. The molecule has 1 unspecified atom stereocenters. The van der Waals surface area contributed by atoms with E-state index in [1.54, 1.807) is 18.4 Å². The van der Waals surface area contributed by atoms with Crippen LogP contribution in [0.15, 0.2) is 72.8 Å². The zero-order valence-corrected chi connectivity index (χ0v) is 19.2. The summed E-state index contributed by atoms with van der Waals surface area (Å²) in [5, 5.41) is 12.5. The number of hydrogen-bond acceptors (Lipinski definition) is 4. The maximum absolute atomic E-state index is 11.5. The minimum atomic E-state index is -0.687. The van der Waals surface area contributed by atoms with Crippen LogP contribution in [0.2, 0.25) is 0 Å². The highest BCUT2D eigenvalue weighted by Gasteiger charge is 2.22. The first kappa shape index (κ1) is 21.6. The molecule has 0 aliphatic rings. The topological polar surface area (TPSA) is 32.7 Å². The van der Waals surface area contributed by atoms with Gasteiger partial charge in [0.25, 0.3) is 0 Å². The van der Waals surface area contributed by atoms with Crippen molar-refractivity contribution >= 4 is 21.4 Å². The fourth-order valence-corrected chi connectivity index (χ4v) is 5.20. The van der Waals surface area contributed by atoms with E-state index in [4.69, 9.17) is 4.74 Å². The Bertz CT molecular complexity index is 1130. The number of aryl methyl sites for hydroxylation is 1. The Morgan fingerprint density at radius 3 is 2.39 bits per heavy atom. The van der Waals surface area contributed by atoms with Gasteiger partial charge in [-0.25, -0.2) is 0 Å². The van der Waals surface area contributed by atoms with Crippen LogP contribution in [0.5, 0.6) is 5.75 Å². The van der Waals surface area contributed by atoms with Crippen molar-refractivity contribution in [1.29, 1.82) is 0 Å². The van der Waals surface area contributed by atoms with Crippen molar-refractivity contribution in [3.63, 3.8) is 0 Å². The summed E-state index contributed by atoms with van der Waals surface area (Å²) >= 11 is 1.70. The molecule has 0 fully saturated rings. The average molecular weight is 432 g/mol. The third kappa shape index (κ3) is 4.82. The van der Waals surface area contributed by atoms with Crippen molar-refractivity contribution in [2.45, 2.75) is 18.9 Å². The van der Waals surface area contributed by atoms with Crippen molar-refractivity contribution in [3.8, 4) is 16.2 Å². The van der Waals surface area contributed by atoms with E-state index >= 15 is 0 Å². The first-order valence-electron chi connectivity index (χ1n) is 10.6.